The number of hydrogen-bond donors (Lipinski definition) is 1. The molecule has 3 atom stereocenters. The van der Waals surface area contributed by atoms with Crippen molar-refractivity contribution in [3.63, 3.8) is 0 Å². The summed E-state index contributed by atoms with van der Waals surface area (Å²) in [6, 6.07) is 8.47. The number of hydrogen-bond acceptors (Lipinski definition) is 9. The molecule has 1 N–H and O–H groups in total. The van der Waals surface area contributed by atoms with E-state index in [2.05, 4.69) is 11.9 Å². The third-order valence-electron chi connectivity index (χ3n) is 8.64. The number of methoxy groups -OCH3 is 2. The van der Waals surface area contributed by atoms with E-state index < -0.39 is 40.3 Å². The molecule has 1 aliphatic carbocycles. The number of carbonyl (C=O) groups excluding carboxylic acids is 2. The van der Waals surface area contributed by atoms with Gasteiger partial charge in [0.1, 0.15) is 40.3 Å². The Hall–Kier alpha value is -4.77. The van der Waals surface area contributed by atoms with Crippen LogP contribution < -0.4 is 35.5 Å². The van der Waals surface area contributed by atoms with Crippen molar-refractivity contribution in [3.8, 4) is 23.0 Å². The molecule has 3 aromatic rings. The van der Waals surface area contributed by atoms with Crippen molar-refractivity contribution in [1.82, 2.24) is 9.13 Å². The number of carbonyl (C=O) groups is 2. The standard InChI is InChI=1S/C32H30ClN3O8/c1-7-11-43-17-10-8-9-16(13-17)21-22-18(34-29-24(21)30(39)36(4)31(40)35(29)3)12-15(2)32(27(22)37)28(38)23-19(41-5)14-20(42-6)25(33)26(23)44-32/h7-10,13-15,21,34H,1,11-12H2,2-6H3/t15-,21+,32+/m1/s1. The molecule has 3 aliphatic rings. The Kier molecular flexibility index (Phi) is 6.96. The van der Waals surface area contributed by atoms with E-state index in [0.29, 0.717) is 17.0 Å². The second-order valence-electron chi connectivity index (χ2n) is 11.0. The fourth-order valence-corrected chi connectivity index (χ4v) is 6.73. The molecule has 44 heavy (non-hydrogen) atoms. The van der Waals surface area contributed by atoms with Gasteiger partial charge in [-0.25, -0.2) is 4.79 Å². The Labute approximate surface area is 257 Å². The molecule has 2 aliphatic heterocycles. The predicted molar refractivity (Wildman–Crippen MR) is 163 cm³/mol. The topological polar surface area (TPSA) is 127 Å². The van der Waals surface area contributed by atoms with E-state index in [0.717, 1.165) is 4.57 Å². The normalized spacial score (nSPS) is 21.7. The summed E-state index contributed by atoms with van der Waals surface area (Å²) in [6.07, 6.45) is 1.79. The Bertz CT molecular complexity index is 1940. The summed E-state index contributed by atoms with van der Waals surface area (Å²) in [5.74, 6) is -1.74. The second-order valence-corrected chi connectivity index (χ2v) is 11.4. The number of ketones is 2. The number of nitrogens with zero attached hydrogens (tertiary/aromatic N) is 2. The SMILES string of the molecule is C=CCOc1cccc([C@H]2C3=C(C[C@@H](C)[C@]4(Oc5c(Cl)c(OC)cc(OC)c5C4=O)C3=O)Nc3c2c(=O)n(C)c(=O)n3C)c1. The molecule has 1 spiro atoms. The molecule has 2 aromatic carbocycles. The number of aromatic nitrogens is 2. The van der Waals surface area contributed by atoms with Crippen molar-refractivity contribution in [2.24, 2.45) is 20.0 Å². The molecule has 0 radical (unpaired) electrons. The van der Waals surface area contributed by atoms with Gasteiger partial charge in [0, 0.05) is 43.3 Å². The van der Waals surface area contributed by atoms with Crippen molar-refractivity contribution < 1.29 is 28.5 Å². The highest BCUT2D eigenvalue weighted by Gasteiger charge is 2.63. The van der Waals surface area contributed by atoms with Gasteiger partial charge in [-0.1, -0.05) is 43.3 Å². The van der Waals surface area contributed by atoms with Gasteiger partial charge in [0.15, 0.2) is 5.75 Å². The average Bonchev–Trinajstić information content (AvgIpc) is 3.34. The van der Waals surface area contributed by atoms with Crippen molar-refractivity contribution in [2.75, 3.05) is 26.1 Å². The Balaban J connectivity index is 1.60. The van der Waals surface area contributed by atoms with Crippen LogP contribution in [-0.4, -0.2) is 47.1 Å². The van der Waals surface area contributed by atoms with Gasteiger partial charge in [0.2, 0.25) is 17.2 Å². The molecular formula is C32H30ClN3O8. The lowest BCUT2D eigenvalue weighted by Gasteiger charge is -2.42. The monoisotopic (exact) mass is 619 g/mol. The molecule has 1 aromatic heterocycles. The van der Waals surface area contributed by atoms with Crippen LogP contribution in [0.4, 0.5) is 5.82 Å². The third kappa shape index (κ3) is 3.88. The highest BCUT2D eigenvalue weighted by Crippen LogP contribution is 2.56. The highest BCUT2D eigenvalue weighted by molar-refractivity contribution is 6.36. The number of rotatable bonds is 6. The molecular weight excluding hydrogens is 590 g/mol. The maximum Gasteiger partial charge on any atom is 0.332 e. The summed E-state index contributed by atoms with van der Waals surface area (Å²) in [5, 5.41) is 3.24. The van der Waals surface area contributed by atoms with Gasteiger partial charge in [-0.05, 0) is 24.1 Å². The van der Waals surface area contributed by atoms with Crippen LogP contribution >= 0.6 is 11.6 Å². The molecule has 3 heterocycles. The van der Waals surface area contributed by atoms with Gasteiger partial charge < -0.3 is 24.3 Å². The number of ether oxygens (including phenoxy) is 4. The summed E-state index contributed by atoms with van der Waals surface area (Å²) in [7, 11) is 5.75. The first-order chi connectivity index (χ1) is 21.0. The number of Topliss-reactive ketones (excluding diaryl/α,β-unsaturated/α-hetero) is 2. The Morgan fingerprint density at radius 3 is 2.50 bits per heavy atom. The van der Waals surface area contributed by atoms with E-state index >= 15 is 0 Å². The second kappa shape index (κ2) is 10.4. The summed E-state index contributed by atoms with van der Waals surface area (Å²) >= 11 is 6.61. The van der Waals surface area contributed by atoms with E-state index in [1.807, 2.05) is 0 Å². The van der Waals surface area contributed by atoms with Crippen molar-refractivity contribution in [3.05, 3.63) is 96.8 Å². The zero-order valence-electron chi connectivity index (χ0n) is 24.8. The Morgan fingerprint density at radius 2 is 1.82 bits per heavy atom. The number of nitrogens with one attached hydrogen (secondary N) is 1. The molecule has 0 fully saturated rings. The van der Waals surface area contributed by atoms with Gasteiger partial charge in [-0.3, -0.25) is 23.5 Å². The molecule has 228 valence electrons. The fraction of sp³-hybridized carbons (Fsp3) is 0.312. The quantitative estimate of drug-likeness (QED) is 0.324. The van der Waals surface area contributed by atoms with Gasteiger partial charge in [-0.15, -0.1) is 0 Å². The van der Waals surface area contributed by atoms with E-state index in [1.54, 1.807) is 44.3 Å². The predicted octanol–water partition coefficient (Wildman–Crippen LogP) is 3.75. The van der Waals surface area contributed by atoms with E-state index in [9.17, 15) is 19.2 Å². The molecule has 0 amide bonds. The number of anilines is 1. The molecule has 0 saturated carbocycles. The zero-order valence-corrected chi connectivity index (χ0v) is 25.5. The summed E-state index contributed by atoms with van der Waals surface area (Å²) in [4.78, 5) is 56.1. The minimum atomic E-state index is -2.00. The fourth-order valence-electron chi connectivity index (χ4n) is 6.46. The smallest absolute Gasteiger partial charge is 0.332 e. The van der Waals surface area contributed by atoms with Crippen LogP contribution in [-0.2, 0) is 18.9 Å². The zero-order chi connectivity index (χ0) is 31.7. The maximum atomic E-state index is 15.0. The maximum absolute atomic E-state index is 15.0. The summed E-state index contributed by atoms with van der Waals surface area (Å²) < 4.78 is 25.3. The van der Waals surface area contributed by atoms with Gasteiger partial charge in [-0.2, -0.15) is 0 Å². The van der Waals surface area contributed by atoms with E-state index in [-0.39, 0.29) is 57.8 Å². The van der Waals surface area contributed by atoms with Gasteiger partial charge in [0.05, 0.1) is 19.8 Å². The van der Waals surface area contributed by atoms with Crippen molar-refractivity contribution in [1.29, 1.82) is 0 Å². The summed E-state index contributed by atoms with van der Waals surface area (Å²) in [6.45, 7) is 5.67. The number of allylic oxidation sites excluding steroid dienone is 1. The molecule has 0 saturated heterocycles. The minimum absolute atomic E-state index is 0.00373. The van der Waals surface area contributed by atoms with Crippen LogP contribution in [0.25, 0.3) is 0 Å². The van der Waals surface area contributed by atoms with Crippen LogP contribution in [0.1, 0.15) is 40.7 Å². The molecule has 6 rings (SSSR count). The lowest BCUT2D eigenvalue weighted by atomic mass is 9.66. The van der Waals surface area contributed by atoms with Crippen LogP contribution in [0.15, 0.2) is 63.8 Å². The first-order valence-electron chi connectivity index (χ1n) is 13.9. The number of fused-ring (bicyclic) bond motifs is 2. The van der Waals surface area contributed by atoms with Crippen LogP contribution in [0, 0.1) is 5.92 Å². The van der Waals surface area contributed by atoms with E-state index in [4.69, 9.17) is 30.5 Å². The third-order valence-corrected chi connectivity index (χ3v) is 8.99. The number of benzene rings is 2. The van der Waals surface area contributed by atoms with Crippen molar-refractivity contribution in [2.45, 2.75) is 24.9 Å². The van der Waals surface area contributed by atoms with Crippen molar-refractivity contribution >= 4 is 29.0 Å². The Morgan fingerprint density at radius 1 is 1.09 bits per heavy atom. The van der Waals surface area contributed by atoms with Crippen LogP contribution in [0.3, 0.4) is 0 Å². The summed E-state index contributed by atoms with van der Waals surface area (Å²) in [5.41, 5.74) is -1.68. The number of halogens is 1. The lowest BCUT2D eigenvalue weighted by Crippen LogP contribution is -2.58. The van der Waals surface area contributed by atoms with E-state index in [1.165, 1.54) is 31.9 Å². The highest BCUT2D eigenvalue weighted by atomic mass is 35.5. The molecule has 11 nitrogen and oxygen atoms in total. The van der Waals surface area contributed by atoms with Crippen LogP contribution in [0.2, 0.25) is 5.02 Å². The average molecular weight is 620 g/mol. The molecule has 12 heteroatoms. The van der Waals surface area contributed by atoms with Crippen LogP contribution in [0.5, 0.6) is 23.0 Å². The van der Waals surface area contributed by atoms with Gasteiger partial charge >= 0.3 is 5.69 Å². The first kappa shape index (κ1) is 29.3. The molecule has 0 bridgehead atoms. The van der Waals surface area contributed by atoms with Gasteiger partial charge in [0.25, 0.3) is 5.56 Å². The lowest BCUT2D eigenvalue weighted by molar-refractivity contribution is -0.130. The minimum Gasteiger partial charge on any atom is -0.496 e. The molecule has 0 unspecified atom stereocenters. The largest absolute Gasteiger partial charge is 0.496 e. The first-order valence-corrected chi connectivity index (χ1v) is 14.3.